The average molecular weight is 232 g/mol. The SMILES string of the molecule is CCCCc1c(C)c(=O)oc2cccc(O)c12. The maximum atomic E-state index is 11.7. The number of hydrogen-bond acceptors (Lipinski definition) is 3. The zero-order valence-corrected chi connectivity index (χ0v) is 10.1. The van der Waals surface area contributed by atoms with Crippen LogP contribution in [0.2, 0.25) is 0 Å². The Balaban J connectivity index is 2.76. The van der Waals surface area contributed by atoms with Crippen molar-refractivity contribution in [3.8, 4) is 5.75 Å². The zero-order valence-electron chi connectivity index (χ0n) is 10.1. The molecule has 0 radical (unpaired) electrons. The van der Waals surface area contributed by atoms with Gasteiger partial charge in [0, 0.05) is 5.56 Å². The van der Waals surface area contributed by atoms with Gasteiger partial charge in [0.15, 0.2) is 0 Å². The van der Waals surface area contributed by atoms with E-state index in [-0.39, 0.29) is 11.4 Å². The summed E-state index contributed by atoms with van der Waals surface area (Å²) in [6, 6.07) is 5.02. The number of unbranched alkanes of at least 4 members (excludes halogenated alkanes) is 1. The van der Waals surface area contributed by atoms with Crippen LogP contribution in [0.15, 0.2) is 27.4 Å². The second-order valence-corrected chi connectivity index (χ2v) is 4.25. The minimum Gasteiger partial charge on any atom is -0.507 e. The molecule has 0 bridgehead atoms. The van der Waals surface area contributed by atoms with Crippen LogP contribution in [0.4, 0.5) is 0 Å². The van der Waals surface area contributed by atoms with Gasteiger partial charge in [-0.25, -0.2) is 4.79 Å². The molecule has 0 unspecified atom stereocenters. The lowest BCUT2D eigenvalue weighted by atomic mass is 9.99. The van der Waals surface area contributed by atoms with Gasteiger partial charge in [-0.1, -0.05) is 19.4 Å². The Bertz CT molecular complexity index is 596. The van der Waals surface area contributed by atoms with Crippen LogP contribution in [-0.2, 0) is 6.42 Å². The van der Waals surface area contributed by atoms with Gasteiger partial charge >= 0.3 is 5.63 Å². The second-order valence-electron chi connectivity index (χ2n) is 4.25. The van der Waals surface area contributed by atoms with Crippen molar-refractivity contribution in [1.29, 1.82) is 0 Å². The molecule has 0 saturated carbocycles. The van der Waals surface area contributed by atoms with E-state index in [1.807, 2.05) is 0 Å². The Morgan fingerprint density at radius 2 is 2.12 bits per heavy atom. The van der Waals surface area contributed by atoms with Crippen molar-refractivity contribution < 1.29 is 9.52 Å². The fraction of sp³-hybridized carbons (Fsp3) is 0.357. The van der Waals surface area contributed by atoms with E-state index < -0.39 is 0 Å². The van der Waals surface area contributed by atoms with Gasteiger partial charge in [-0.05, 0) is 37.5 Å². The summed E-state index contributed by atoms with van der Waals surface area (Å²) in [7, 11) is 0. The fourth-order valence-electron chi connectivity index (χ4n) is 2.06. The third-order valence-electron chi connectivity index (χ3n) is 3.05. The first-order valence-corrected chi connectivity index (χ1v) is 5.89. The van der Waals surface area contributed by atoms with E-state index in [4.69, 9.17) is 4.42 Å². The Hall–Kier alpha value is -1.77. The average Bonchev–Trinajstić information content (AvgIpc) is 2.30. The lowest BCUT2D eigenvalue weighted by Crippen LogP contribution is -2.08. The van der Waals surface area contributed by atoms with Crippen molar-refractivity contribution >= 4 is 11.0 Å². The molecule has 0 aliphatic heterocycles. The highest BCUT2D eigenvalue weighted by molar-refractivity contribution is 5.87. The molecule has 3 heteroatoms. The molecule has 17 heavy (non-hydrogen) atoms. The summed E-state index contributed by atoms with van der Waals surface area (Å²) in [6.07, 6.45) is 2.84. The molecule has 0 saturated heterocycles. The molecule has 0 amide bonds. The first-order chi connectivity index (χ1) is 8.15. The van der Waals surface area contributed by atoms with Crippen LogP contribution >= 0.6 is 0 Å². The molecule has 3 nitrogen and oxygen atoms in total. The Morgan fingerprint density at radius 3 is 2.82 bits per heavy atom. The van der Waals surface area contributed by atoms with Crippen LogP contribution < -0.4 is 5.63 Å². The molecule has 1 aromatic heterocycles. The second kappa shape index (κ2) is 4.62. The van der Waals surface area contributed by atoms with Gasteiger partial charge in [0.05, 0.1) is 5.39 Å². The third kappa shape index (κ3) is 2.05. The van der Waals surface area contributed by atoms with Gasteiger partial charge < -0.3 is 9.52 Å². The molecule has 0 atom stereocenters. The van der Waals surface area contributed by atoms with Crippen LogP contribution in [0.5, 0.6) is 5.75 Å². The summed E-state index contributed by atoms with van der Waals surface area (Å²) in [5.41, 5.74) is 1.67. The normalized spacial score (nSPS) is 10.9. The molecule has 0 aliphatic rings. The van der Waals surface area contributed by atoms with Crippen LogP contribution in [-0.4, -0.2) is 5.11 Å². The minimum atomic E-state index is -0.311. The quantitative estimate of drug-likeness (QED) is 0.827. The van der Waals surface area contributed by atoms with Gasteiger partial charge in [-0.3, -0.25) is 0 Å². The smallest absolute Gasteiger partial charge is 0.339 e. The predicted octanol–water partition coefficient (Wildman–Crippen LogP) is 3.15. The molecule has 1 heterocycles. The lowest BCUT2D eigenvalue weighted by Gasteiger charge is -2.09. The van der Waals surface area contributed by atoms with Crippen molar-refractivity contribution in [2.75, 3.05) is 0 Å². The number of phenols is 1. The Kier molecular flexibility index (Phi) is 3.18. The molecule has 1 aromatic carbocycles. The van der Waals surface area contributed by atoms with E-state index in [9.17, 15) is 9.90 Å². The van der Waals surface area contributed by atoms with E-state index in [2.05, 4.69) is 6.92 Å². The van der Waals surface area contributed by atoms with E-state index in [1.165, 1.54) is 0 Å². The molecule has 1 N–H and O–H groups in total. The number of hydrogen-bond donors (Lipinski definition) is 1. The molecule has 0 fully saturated rings. The van der Waals surface area contributed by atoms with Crippen molar-refractivity contribution in [3.05, 3.63) is 39.7 Å². The predicted molar refractivity (Wildman–Crippen MR) is 67.5 cm³/mol. The maximum Gasteiger partial charge on any atom is 0.339 e. The molecule has 2 rings (SSSR count). The number of phenolic OH excluding ortho intramolecular Hbond substituents is 1. The standard InChI is InChI=1S/C14H16O3/c1-3-4-6-10-9(2)14(16)17-12-8-5-7-11(15)13(10)12/h5,7-8,15H,3-4,6H2,1-2H3. The first-order valence-electron chi connectivity index (χ1n) is 5.89. The molecule has 90 valence electrons. The van der Waals surface area contributed by atoms with Gasteiger partial charge in [0.1, 0.15) is 11.3 Å². The van der Waals surface area contributed by atoms with Crippen molar-refractivity contribution in [3.63, 3.8) is 0 Å². The summed E-state index contributed by atoms with van der Waals surface area (Å²) in [5, 5.41) is 10.6. The van der Waals surface area contributed by atoms with Gasteiger partial charge in [-0.2, -0.15) is 0 Å². The third-order valence-corrected chi connectivity index (χ3v) is 3.05. The van der Waals surface area contributed by atoms with E-state index in [0.29, 0.717) is 16.5 Å². The number of benzene rings is 1. The van der Waals surface area contributed by atoms with Crippen LogP contribution in [0.3, 0.4) is 0 Å². The Labute approximate surface area is 99.7 Å². The van der Waals surface area contributed by atoms with Crippen LogP contribution in [0.25, 0.3) is 11.0 Å². The molecule has 0 spiro atoms. The first kappa shape index (κ1) is 11.7. The van der Waals surface area contributed by atoms with Gasteiger partial charge in [0.25, 0.3) is 0 Å². The number of rotatable bonds is 3. The highest BCUT2D eigenvalue weighted by atomic mass is 16.4. The lowest BCUT2D eigenvalue weighted by molar-refractivity contribution is 0.477. The van der Waals surface area contributed by atoms with Crippen LogP contribution in [0, 0.1) is 6.92 Å². The maximum absolute atomic E-state index is 11.7. The summed E-state index contributed by atoms with van der Waals surface area (Å²) >= 11 is 0. The largest absolute Gasteiger partial charge is 0.507 e. The summed E-state index contributed by atoms with van der Waals surface area (Å²) in [6.45, 7) is 3.85. The van der Waals surface area contributed by atoms with E-state index in [0.717, 1.165) is 24.8 Å². The van der Waals surface area contributed by atoms with Crippen LogP contribution in [0.1, 0.15) is 30.9 Å². The summed E-state index contributed by atoms with van der Waals surface area (Å²) in [4.78, 5) is 11.7. The molecule has 0 aliphatic carbocycles. The molecular weight excluding hydrogens is 216 g/mol. The zero-order chi connectivity index (χ0) is 12.4. The minimum absolute atomic E-state index is 0.181. The Morgan fingerprint density at radius 1 is 1.35 bits per heavy atom. The monoisotopic (exact) mass is 232 g/mol. The number of fused-ring (bicyclic) bond motifs is 1. The number of aromatic hydroxyl groups is 1. The highest BCUT2D eigenvalue weighted by Gasteiger charge is 2.13. The van der Waals surface area contributed by atoms with Gasteiger partial charge in [0.2, 0.25) is 0 Å². The molecular formula is C14H16O3. The highest BCUT2D eigenvalue weighted by Crippen LogP contribution is 2.29. The van der Waals surface area contributed by atoms with E-state index >= 15 is 0 Å². The summed E-state index contributed by atoms with van der Waals surface area (Å²) in [5.74, 6) is 0.181. The topological polar surface area (TPSA) is 50.4 Å². The molecule has 2 aromatic rings. The fourth-order valence-corrected chi connectivity index (χ4v) is 2.06. The van der Waals surface area contributed by atoms with Crippen molar-refractivity contribution in [2.45, 2.75) is 33.1 Å². The number of aryl methyl sites for hydroxylation is 1. The van der Waals surface area contributed by atoms with Crippen molar-refractivity contribution in [2.24, 2.45) is 0 Å². The van der Waals surface area contributed by atoms with Crippen molar-refractivity contribution in [1.82, 2.24) is 0 Å². The van der Waals surface area contributed by atoms with E-state index in [1.54, 1.807) is 25.1 Å². The summed E-state index contributed by atoms with van der Waals surface area (Å²) < 4.78 is 5.18. The van der Waals surface area contributed by atoms with Gasteiger partial charge in [-0.15, -0.1) is 0 Å².